The Balaban J connectivity index is 1.88. The van der Waals surface area contributed by atoms with Gasteiger partial charge in [0.25, 0.3) is 5.91 Å². The van der Waals surface area contributed by atoms with Gasteiger partial charge in [0.2, 0.25) is 0 Å². The number of carbonyl (C=O) groups is 2. The lowest BCUT2D eigenvalue weighted by Crippen LogP contribution is -2.31. The molecule has 5 nitrogen and oxygen atoms in total. The molecule has 150 valence electrons. The molecule has 7 heteroatoms. The van der Waals surface area contributed by atoms with Crippen molar-refractivity contribution >= 4 is 40.6 Å². The fourth-order valence-corrected chi connectivity index (χ4v) is 3.40. The van der Waals surface area contributed by atoms with E-state index in [2.05, 4.69) is 4.99 Å². The second kappa shape index (κ2) is 8.61. The van der Waals surface area contributed by atoms with Crippen molar-refractivity contribution in [2.24, 2.45) is 4.99 Å². The van der Waals surface area contributed by atoms with Gasteiger partial charge in [0.1, 0.15) is 17.1 Å². The molecule has 0 bridgehead atoms. The normalized spacial score (nSPS) is 15.6. The number of nitrogens with zero attached hydrogens (tertiary/aromatic N) is 2. The number of amidine groups is 1. The minimum atomic E-state index is -0.597. The average molecular weight is 412 g/mol. The van der Waals surface area contributed by atoms with Crippen LogP contribution in [0.25, 0.3) is 6.08 Å². The second-order valence-electron chi connectivity index (χ2n) is 7.33. The quantitative estimate of drug-likeness (QED) is 0.542. The molecule has 2 aromatic rings. The van der Waals surface area contributed by atoms with Crippen LogP contribution >= 0.6 is 11.8 Å². The molecule has 29 heavy (non-hydrogen) atoms. The first-order valence-electron chi connectivity index (χ1n) is 9.03. The summed E-state index contributed by atoms with van der Waals surface area (Å²) in [6.45, 7) is 5.37. The Morgan fingerprint density at radius 2 is 1.79 bits per heavy atom. The maximum absolute atomic E-state index is 13.3. The molecular formula is C22H21FN2O3S. The van der Waals surface area contributed by atoms with Crippen LogP contribution in [0.15, 0.2) is 65.3 Å². The van der Waals surface area contributed by atoms with E-state index in [0.717, 1.165) is 17.3 Å². The summed E-state index contributed by atoms with van der Waals surface area (Å²) < 4.78 is 18.7. The number of aliphatic imine (C=N–C) groups is 1. The minimum Gasteiger partial charge on any atom is -0.459 e. The van der Waals surface area contributed by atoms with Crippen molar-refractivity contribution in [2.75, 3.05) is 10.7 Å². The molecule has 1 aliphatic rings. The smallest absolute Gasteiger partial charge is 0.316 e. The molecule has 0 radical (unpaired) electrons. The van der Waals surface area contributed by atoms with Gasteiger partial charge >= 0.3 is 5.97 Å². The molecule has 0 aromatic heterocycles. The van der Waals surface area contributed by atoms with Crippen LogP contribution in [0.4, 0.5) is 10.1 Å². The highest BCUT2D eigenvalue weighted by Gasteiger charge is 2.32. The van der Waals surface area contributed by atoms with Gasteiger partial charge in [-0.1, -0.05) is 42.1 Å². The zero-order valence-corrected chi connectivity index (χ0v) is 17.2. The van der Waals surface area contributed by atoms with Crippen molar-refractivity contribution in [3.8, 4) is 0 Å². The number of benzene rings is 2. The molecule has 0 atom stereocenters. The Morgan fingerprint density at radius 1 is 1.14 bits per heavy atom. The van der Waals surface area contributed by atoms with Gasteiger partial charge in [0.05, 0.1) is 11.4 Å². The molecule has 0 saturated heterocycles. The number of esters is 1. The van der Waals surface area contributed by atoms with E-state index in [9.17, 15) is 14.0 Å². The molecule has 1 heterocycles. The largest absolute Gasteiger partial charge is 0.459 e. The van der Waals surface area contributed by atoms with Crippen LogP contribution in [-0.2, 0) is 14.3 Å². The molecular weight excluding hydrogens is 391 g/mol. The summed E-state index contributed by atoms with van der Waals surface area (Å²) in [5.41, 5.74) is 0.951. The third kappa shape index (κ3) is 5.54. The van der Waals surface area contributed by atoms with Gasteiger partial charge in [-0.05, 0) is 56.7 Å². The molecule has 0 spiro atoms. The number of carbonyl (C=O) groups excluding carboxylic acids is 2. The van der Waals surface area contributed by atoms with Gasteiger partial charge in [-0.15, -0.1) is 0 Å². The molecule has 0 N–H and O–H groups in total. The monoisotopic (exact) mass is 412 g/mol. The fourth-order valence-electron chi connectivity index (χ4n) is 2.61. The number of rotatable bonds is 4. The molecule has 1 aliphatic heterocycles. The highest BCUT2D eigenvalue weighted by Crippen LogP contribution is 2.29. The number of halogens is 1. The average Bonchev–Trinajstić information content (AvgIpc) is 2.96. The van der Waals surface area contributed by atoms with Crippen molar-refractivity contribution in [1.82, 2.24) is 0 Å². The molecule has 0 saturated carbocycles. The highest BCUT2D eigenvalue weighted by atomic mass is 32.2. The van der Waals surface area contributed by atoms with Crippen LogP contribution in [-0.4, -0.2) is 28.4 Å². The van der Waals surface area contributed by atoms with E-state index in [4.69, 9.17) is 4.74 Å². The second-order valence-corrected chi connectivity index (χ2v) is 8.27. The first kappa shape index (κ1) is 20.8. The lowest BCUT2D eigenvalue weighted by Gasteiger charge is -2.20. The number of hydrogen-bond donors (Lipinski definition) is 0. The fraction of sp³-hybridized carbons (Fsp3) is 0.227. The van der Waals surface area contributed by atoms with Crippen molar-refractivity contribution in [3.05, 3.63) is 71.7 Å². The maximum Gasteiger partial charge on any atom is 0.316 e. The van der Waals surface area contributed by atoms with E-state index in [1.165, 1.54) is 29.2 Å². The minimum absolute atomic E-state index is 0.000303. The maximum atomic E-state index is 13.3. The summed E-state index contributed by atoms with van der Waals surface area (Å²) in [6.07, 6.45) is 1.68. The third-order valence-corrected chi connectivity index (χ3v) is 4.67. The summed E-state index contributed by atoms with van der Waals surface area (Å²) >= 11 is 1.10. The predicted octanol–water partition coefficient (Wildman–Crippen LogP) is 4.64. The lowest BCUT2D eigenvalue weighted by molar-refractivity contribution is -0.151. The van der Waals surface area contributed by atoms with Gasteiger partial charge in [-0.25, -0.2) is 9.38 Å². The highest BCUT2D eigenvalue weighted by molar-refractivity contribution is 8.14. The zero-order valence-electron chi connectivity index (χ0n) is 16.4. The van der Waals surface area contributed by atoms with Crippen LogP contribution in [0.5, 0.6) is 0 Å². The van der Waals surface area contributed by atoms with Gasteiger partial charge in [-0.3, -0.25) is 14.5 Å². The van der Waals surface area contributed by atoms with Crippen LogP contribution in [0.3, 0.4) is 0 Å². The molecule has 0 fully saturated rings. The van der Waals surface area contributed by atoms with E-state index in [1.54, 1.807) is 26.8 Å². The standard InChI is InChI=1S/C22H21FN2O3S/c1-22(2,3)28-19(26)14-29-21-24-18(13-15-7-5-4-6-8-15)20(27)25(21)17-11-9-16(23)10-12-17/h4-13H,14H2,1-3H3/b18-13-. The zero-order chi connectivity index (χ0) is 21.0. The first-order valence-corrected chi connectivity index (χ1v) is 10.0. The molecule has 2 aromatic carbocycles. The van der Waals surface area contributed by atoms with Gasteiger partial charge in [-0.2, -0.15) is 0 Å². The molecule has 3 rings (SSSR count). The van der Waals surface area contributed by atoms with E-state index >= 15 is 0 Å². The number of ether oxygens (including phenoxy) is 1. The molecule has 1 amide bonds. The Kier molecular flexibility index (Phi) is 6.17. The van der Waals surface area contributed by atoms with Crippen LogP contribution in [0, 0.1) is 5.82 Å². The van der Waals surface area contributed by atoms with Crippen molar-refractivity contribution < 1.29 is 18.7 Å². The lowest BCUT2D eigenvalue weighted by atomic mass is 10.2. The van der Waals surface area contributed by atoms with Gasteiger partial charge in [0.15, 0.2) is 5.17 Å². The van der Waals surface area contributed by atoms with E-state index in [1.807, 2.05) is 30.3 Å². The summed E-state index contributed by atoms with van der Waals surface area (Å²) in [6, 6.07) is 14.9. The molecule has 0 aliphatic carbocycles. The van der Waals surface area contributed by atoms with Gasteiger partial charge in [0, 0.05) is 0 Å². The van der Waals surface area contributed by atoms with Crippen molar-refractivity contribution in [3.63, 3.8) is 0 Å². The van der Waals surface area contributed by atoms with Crippen LogP contribution in [0.2, 0.25) is 0 Å². The first-order chi connectivity index (χ1) is 13.7. The summed E-state index contributed by atoms with van der Waals surface area (Å²) in [7, 11) is 0. The summed E-state index contributed by atoms with van der Waals surface area (Å²) in [5.74, 6) is -1.15. The van der Waals surface area contributed by atoms with E-state index in [-0.39, 0.29) is 17.4 Å². The third-order valence-electron chi connectivity index (χ3n) is 3.76. The summed E-state index contributed by atoms with van der Waals surface area (Å²) in [5, 5.41) is 0.342. The Bertz CT molecular complexity index is 964. The van der Waals surface area contributed by atoms with Crippen LogP contribution in [0.1, 0.15) is 26.3 Å². The van der Waals surface area contributed by atoms with E-state index < -0.39 is 17.4 Å². The molecule has 0 unspecified atom stereocenters. The predicted molar refractivity (Wildman–Crippen MR) is 114 cm³/mol. The number of hydrogen-bond acceptors (Lipinski definition) is 5. The van der Waals surface area contributed by atoms with Crippen molar-refractivity contribution in [2.45, 2.75) is 26.4 Å². The Morgan fingerprint density at radius 3 is 2.41 bits per heavy atom. The van der Waals surface area contributed by atoms with Crippen molar-refractivity contribution in [1.29, 1.82) is 0 Å². The Labute approximate surface area is 173 Å². The number of amides is 1. The summed E-state index contributed by atoms with van der Waals surface area (Å²) in [4.78, 5) is 30.9. The SMILES string of the molecule is CC(C)(C)OC(=O)CSC1=N/C(=C\c2ccccc2)C(=O)N1c1ccc(F)cc1. The Hall–Kier alpha value is -2.93. The van der Waals surface area contributed by atoms with Gasteiger partial charge < -0.3 is 4.74 Å². The van der Waals surface area contributed by atoms with Crippen LogP contribution < -0.4 is 4.90 Å². The van der Waals surface area contributed by atoms with E-state index in [0.29, 0.717) is 10.9 Å². The number of anilines is 1. The number of thioether (sulfide) groups is 1. The topological polar surface area (TPSA) is 59.0 Å².